The number of benzene rings is 3. The molecule has 1 N–H and O–H groups in total. The van der Waals surface area contributed by atoms with Gasteiger partial charge in [-0.05, 0) is 38.1 Å². The third-order valence-electron chi connectivity index (χ3n) is 6.07. The Kier molecular flexibility index (Phi) is 6.83. The van der Waals surface area contributed by atoms with Gasteiger partial charge < -0.3 is 14.5 Å². The molecule has 0 aliphatic carbocycles. The van der Waals surface area contributed by atoms with Crippen LogP contribution in [0.1, 0.15) is 31.0 Å². The first-order valence-corrected chi connectivity index (χ1v) is 11.5. The van der Waals surface area contributed by atoms with Crippen molar-refractivity contribution in [2.24, 2.45) is 0 Å². The maximum absolute atomic E-state index is 13.3. The van der Waals surface area contributed by atoms with E-state index in [1.54, 1.807) is 24.3 Å². The Morgan fingerprint density at radius 1 is 0.875 bits per heavy atom. The molecule has 1 amide bonds. The van der Waals surface area contributed by atoms with Gasteiger partial charge in [0.2, 0.25) is 0 Å². The van der Waals surface area contributed by atoms with E-state index in [4.69, 9.17) is 16.3 Å². The van der Waals surface area contributed by atoms with Crippen LogP contribution in [0.15, 0.2) is 84.9 Å². The topological polar surface area (TPSA) is 34.0 Å². The number of hydrogen-bond acceptors (Lipinski definition) is 2. The molecular formula is C27H30ClN2O2+. The summed E-state index contributed by atoms with van der Waals surface area (Å²) in [5, 5.41) is 0.645. The lowest BCUT2D eigenvalue weighted by atomic mass is 9.96. The van der Waals surface area contributed by atoms with E-state index in [-0.39, 0.29) is 11.9 Å². The number of ether oxygens (including phenoxy) is 1. The maximum atomic E-state index is 13.3. The first-order chi connectivity index (χ1) is 15.4. The summed E-state index contributed by atoms with van der Waals surface area (Å²) < 4.78 is 6.03. The summed E-state index contributed by atoms with van der Waals surface area (Å²) in [6.45, 7) is 6.85. The molecule has 166 valence electrons. The molecule has 1 heterocycles. The molecular weight excluding hydrogens is 420 g/mol. The lowest BCUT2D eigenvalue weighted by Gasteiger charge is -2.39. The fraction of sp³-hybridized carbons (Fsp3) is 0.296. The lowest BCUT2D eigenvalue weighted by Crippen LogP contribution is -3.15. The molecule has 3 aromatic carbocycles. The molecule has 3 aromatic rings. The van der Waals surface area contributed by atoms with Crippen LogP contribution in [0.25, 0.3) is 0 Å². The van der Waals surface area contributed by atoms with Crippen molar-refractivity contribution in [2.45, 2.75) is 25.5 Å². The van der Waals surface area contributed by atoms with Gasteiger partial charge in [-0.15, -0.1) is 0 Å². The van der Waals surface area contributed by atoms with Crippen molar-refractivity contribution >= 4 is 17.5 Å². The molecule has 0 atom stereocenters. The third kappa shape index (κ3) is 5.14. The highest BCUT2D eigenvalue weighted by Gasteiger charge is 2.38. The minimum atomic E-state index is -0.941. The standard InChI is InChI=1S/C27H29ClN2O2/c1-27(2,32-24-15-13-23(28)14-16-24)26(31)30-19-17-29(18-20-30)25(21-9-5-3-6-10-21)22-11-7-4-8-12-22/h3-16,25H,17-20H2,1-2H3/p+1. The summed E-state index contributed by atoms with van der Waals surface area (Å²) in [7, 11) is 0. The Balaban J connectivity index is 1.45. The SMILES string of the molecule is CC(C)(Oc1ccc(Cl)cc1)C(=O)N1CC[NH+](C(c2ccccc2)c2ccccc2)CC1. The largest absolute Gasteiger partial charge is 0.478 e. The van der Waals surface area contributed by atoms with Gasteiger partial charge in [-0.1, -0.05) is 72.3 Å². The monoisotopic (exact) mass is 449 g/mol. The maximum Gasteiger partial charge on any atom is 0.266 e. The highest BCUT2D eigenvalue weighted by Crippen LogP contribution is 2.23. The van der Waals surface area contributed by atoms with Crippen molar-refractivity contribution in [1.29, 1.82) is 0 Å². The molecule has 1 aliphatic heterocycles. The van der Waals surface area contributed by atoms with Crippen LogP contribution in [0, 0.1) is 0 Å². The quantitative estimate of drug-likeness (QED) is 0.616. The van der Waals surface area contributed by atoms with Crippen LogP contribution in [0.2, 0.25) is 5.02 Å². The second kappa shape index (κ2) is 9.76. The summed E-state index contributed by atoms with van der Waals surface area (Å²) in [6, 6.07) is 28.7. The minimum absolute atomic E-state index is 0.0162. The second-order valence-electron chi connectivity index (χ2n) is 8.77. The number of hydrogen-bond donors (Lipinski definition) is 1. The number of piperazine rings is 1. The Morgan fingerprint density at radius 2 is 1.38 bits per heavy atom. The van der Waals surface area contributed by atoms with Gasteiger partial charge in [0.05, 0.1) is 26.2 Å². The highest BCUT2D eigenvalue weighted by atomic mass is 35.5. The van der Waals surface area contributed by atoms with E-state index in [9.17, 15) is 4.79 Å². The van der Waals surface area contributed by atoms with Crippen LogP contribution in [-0.4, -0.2) is 42.6 Å². The molecule has 4 rings (SSSR count). The van der Waals surface area contributed by atoms with Crippen LogP contribution in [0.4, 0.5) is 0 Å². The van der Waals surface area contributed by atoms with E-state index in [1.807, 2.05) is 18.7 Å². The Bertz CT molecular complexity index is 975. The summed E-state index contributed by atoms with van der Waals surface area (Å²) in [5.41, 5.74) is 1.67. The Hall–Kier alpha value is -2.82. The number of nitrogens with zero attached hydrogens (tertiary/aromatic N) is 1. The normalized spacial score (nSPS) is 15.1. The average molecular weight is 450 g/mol. The van der Waals surface area contributed by atoms with Gasteiger partial charge in [0.25, 0.3) is 5.91 Å². The first kappa shape index (κ1) is 22.4. The van der Waals surface area contributed by atoms with E-state index >= 15 is 0 Å². The van der Waals surface area contributed by atoms with Crippen molar-refractivity contribution in [3.63, 3.8) is 0 Å². The van der Waals surface area contributed by atoms with Gasteiger partial charge in [-0.25, -0.2) is 0 Å². The second-order valence-corrected chi connectivity index (χ2v) is 9.21. The molecule has 1 fully saturated rings. The third-order valence-corrected chi connectivity index (χ3v) is 6.32. The number of quaternary nitrogens is 1. The highest BCUT2D eigenvalue weighted by molar-refractivity contribution is 6.30. The summed E-state index contributed by atoms with van der Waals surface area (Å²) in [5.74, 6) is 0.660. The Labute approximate surface area is 195 Å². The Morgan fingerprint density at radius 3 is 1.88 bits per heavy atom. The van der Waals surface area contributed by atoms with Crippen LogP contribution in [-0.2, 0) is 4.79 Å². The summed E-state index contributed by atoms with van der Waals surface area (Å²) in [6.07, 6.45) is 0. The molecule has 0 radical (unpaired) electrons. The zero-order valence-electron chi connectivity index (χ0n) is 18.6. The van der Waals surface area contributed by atoms with Crippen molar-refractivity contribution < 1.29 is 14.4 Å². The van der Waals surface area contributed by atoms with Crippen LogP contribution < -0.4 is 9.64 Å². The van der Waals surface area contributed by atoms with E-state index in [1.165, 1.54) is 16.0 Å². The van der Waals surface area contributed by atoms with E-state index in [0.29, 0.717) is 23.9 Å². The van der Waals surface area contributed by atoms with E-state index in [0.717, 1.165) is 13.1 Å². The number of nitrogens with one attached hydrogen (secondary N) is 1. The minimum Gasteiger partial charge on any atom is -0.478 e. The summed E-state index contributed by atoms with van der Waals surface area (Å²) in [4.78, 5) is 16.7. The lowest BCUT2D eigenvalue weighted by molar-refractivity contribution is -0.929. The van der Waals surface area contributed by atoms with Crippen molar-refractivity contribution in [1.82, 2.24) is 4.90 Å². The predicted molar refractivity (Wildman–Crippen MR) is 128 cm³/mol. The number of carbonyl (C=O) groups excluding carboxylic acids is 1. The van der Waals surface area contributed by atoms with Crippen LogP contribution in [0.3, 0.4) is 0 Å². The van der Waals surface area contributed by atoms with Gasteiger partial charge in [-0.3, -0.25) is 4.79 Å². The van der Waals surface area contributed by atoms with Gasteiger partial charge in [0.15, 0.2) is 5.60 Å². The molecule has 4 nitrogen and oxygen atoms in total. The van der Waals surface area contributed by atoms with Crippen molar-refractivity contribution in [3.8, 4) is 5.75 Å². The van der Waals surface area contributed by atoms with Crippen LogP contribution >= 0.6 is 11.6 Å². The van der Waals surface area contributed by atoms with Crippen molar-refractivity contribution in [2.75, 3.05) is 26.2 Å². The molecule has 1 saturated heterocycles. The zero-order valence-corrected chi connectivity index (χ0v) is 19.4. The summed E-state index contributed by atoms with van der Waals surface area (Å²) >= 11 is 5.96. The fourth-order valence-electron chi connectivity index (χ4n) is 4.46. The molecule has 0 aromatic heterocycles. The molecule has 0 unspecified atom stereocenters. The van der Waals surface area contributed by atoms with E-state index < -0.39 is 5.60 Å². The number of halogens is 1. The van der Waals surface area contributed by atoms with Crippen LogP contribution in [0.5, 0.6) is 5.75 Å². The molecule has 32 heavy (non-hydrogen) atoms. The molecule has 1 aliphatic rings. The smallest absolute Gasteiger partial charge is 0.266 e. The van der Waals surface area contributed by atoms with Gasteiger partial charge in [-0.2, -0.15) is 0 Å². The first-order valence-electron chi connectivity index (χ1n) is 11.1. The number of amides is 1. The average Bonchev–Trinajstić information content (AvgIpc) is 2.82. The fourth-order valence-corrected chi connectivity index (χ4v) is 4.59. The van der Waals surface area contributed by atoms with Crippen molar-refractivity contribution in [3.05, 3.63) is 101 Å². The van der Waals surface area contributed by atoms with Gasteiger partial charge in [0, 0.05) is 16.1 Å². The molecule has 0 spiro atoms. The van der Waals surface area contributed by atoms with Gasteiger partial charge in [0.1, 0.15) is 11.8 Å². The number of rotatable bonds is 6. The number of carbonyl (C=O) groups is 1. The van der Waals surface area contributed by atoms with E-state index in [2.05, 4.69) is 60.7 Å². The zero-order chi connectivity index (χ0) is 22.6. The molecule has 0 bridgehead atoms. The predicted octanol–water partition coefficient (Wildman–Crippen LogP) is 4.01. The van der Waals surface area contributed by atoms with Gasteiger partial charge >= 0.3 is 0 Å². The molecule has 0 saturated carbocycles. The molecule has 5 heteroatoms.